The third-order valence-electron chi connectivity index (χ3n) is 2.29. The maximum atomic E-state index is 11.1. The van der Waals surface area contributed by atoms with Gasteiger partial charge in [-0.15, -0.1) is 0 Å². The van der Waals surface area contributed by atoms with E-state index in [1.54, 1.807) is 17.7 Å². The molecule has 16 heavy (non-hydrogen) atoms. The first-order valence-corrected chi connectivity index (χ1v) is 5.68. The number of hydrogen-bond donors (Lipinski definition) is 3. The average Bonchev–Trinajstić information content (AvgIpc) is 2.73. The van der Waals surface area contributed by atoms with Gasteiger partial charge in [-0.3, -0.25) is 10.0 Å². The van der Waals surface area contributed by atoms with Crippen LogP contribution in [0.2, 0.25) is 0 Å². The van der Waals surface area contributed by atoms with Crippen molar-refractivity contribution in [2.24, 2.45) is 0 Å². The number of hydroxylamine groups is 1. The molecule has 1 aromatic heterocycles. The maximum Gasteiger partial charge on any atom is 0.276 e. The summed E-state index contributed by atoms with van der Waals surface area (Å²) in [6, 6.07) is 1.76. The van der Waals surface area contributed by atoms with E-state index in [1.165, 1.54) is 0 Å². The molecule has 0 spiro atoms. The molecule has 6 heteroatoms. The van der Waals surface area contributed by atoms with Gasteiger partial charge in [0, 0.05) is 31.5 Å². The first-order valence-electron chi connectivity index (χ1n) is 5.28. The molecule has 0 aliphatic carbocycles. The fourth-order valence-corrected chi connectivity index (χ4v) is 1.81. The van der Waals surface area contributed by atoms with E-state index < -0.39 is 5.91 Å². The third kappa shape index (κ3) is 2.78. The molecule has 1 aromatic rings. The van der Waals surface area contributed by atoms with Crippen LogP contribution in [0.5, 0.6) is 0 Å². The molecule has 1 amide bonds. The minimum absolute atomic E-state index is 0.474. The second kappa shape index (κ2) is 5.93. The topological polar surface area (TPSA) is 57.5 Å². The van der Waals surface area contributed by atoms with Gasteiger partial charge in [0.2, 0.25) is 0 Å². The molecule has 0 saturated carbocycles. The van der Waals surface area contributed by atoms with E-state index >= 15 is 0 Å². The van der Waals surface area contributed by atoms with E-state index in [9.17, 15) is 4.79 Å². The SMILES string of the molecule is CC.O=C(NO)c1cc2n(c1)CCN(S)C2. The number of amides is 1. The van der Waals surface area contributed by atoms with Crippen molar-refractivity contribution in [2.75, 3.05) is 6.54 Å². The molecule has 5 nitrogen and oxygen atoms in total. The number of thiol groups is 1. The van der Waals surface area contributed by atoms with Crippen molar-refractivity contribution in [1.29, 1.82) is 0 Å². The number of fused-ring (bicyclic) bond motifs is 1. The molecule has 0 bridgehead atoms. The van der Waals surface area contributed by atoms with Crippen molar-refractivity contribution >= 4 is 18.7 Å². The van der Waals surface area contributed by atoms with Gasteiger partial charge in [0.25, 0.3) is 5.91 Å². The van der Waals surface area contributed by atoms with Gasteiger partial charge in [0.15, 0.2) is 0 Å². The number of hydrogen-bond acceptors (Lipinski definition) is 4. The molecule has 0 radical (unpaired) electrons. The largest absolute Gasteiger partial charge is 0.348 e. The molecule has 0 fully saturated rings. The predicted octanol–water partition coefficient (Wildman–Crippen LogP) is 1.29. The summed E-state index contributed by atoms with van der Waals surface area (Å²) in [5.74, 6) is -0.474. The van der Waals surface area contributed by atoms with Crippen molar-refractivity contribution in [3.8, 4) is 0 Å². The van der Waals surface area contributed by atoms with E-state index in [0.29, 0.717) is 12.1 Å². The zero-order valence-electron chi connectivity index (χ0n) is 9.47. The Labute approximate surface area is 101 Å². The Bertz CT molecular complexity index is 365. The van der Waals surface area contributed by atoms with Gasteiger partial charge >= 0.3 is 0 Å². The van der Waals surface area contributed by atoms with Gasteiger partial charge in [-0.1, -0.05) is 26.7 Å². The molecular weight excluding hydrogens is 226 g/mol. The van der Waals surface area contributed by atoms with Crippen molar-refractivity contribution in [3.63, 3.8) is 0 Å². The van der Waals surface area contributed by atoms with Crippen molar-refractivity contribution in [3.05, 3.63) is 23.5 Å². The summed E-state index contributed by atoms with van der Waals surface area (Å²) in [6.45, 7) is 6.38. The standard InChI is InChI=1S/C8H11N3O2S.C2H6/c12-8(9-13)6-3-7-5-11(14)2-1-10(7)4-6;1-2/h3-4,13-14H,1-2,5H2,(H,9,12);1-2H3. The van der Waals surface area contributed by atoms with Crippen LogP contribution >= 0.6 is 12.8 Å². The normalized spacial score (nSPS) is 14.8. The van der Waals surface area contributed by atoms with Crippen LogP contribution in [0.3, 0.4) is 0 Å². The van der Waals surface area contributed by atoms with Gasteiger partial charge in [0.1, 0.15) is 0 Å². The Morgan fingerprint density at radius 3 is 2.81 bits per heavy atom. The maximum absolute atomic E-state index is 11.1. The summed E-state index contributed by atoms with van der Waals surface area (Å²) in [7, 11) is 0. The molecule has 0 atom stereocenters. The lowest BCUT2D eigenvalue weighted by Gasteiger charge is -2.22. The van der Waals surface area contributed by atoms with Crippen LogP contribution in [-0.4, -0.2) is 26.5 Å². The molecule has 2 rings (SSSR count). The van der Waals surface area contributed by atoms with Gasteiger partial charge < -0.3 is 4.57 Å². The third-order valence-corrected chi connectivity index (χ3v) is 2.63. The van der Waals surface area contributed by atoms with E-state index in [1.807, 2.05) is 22.7 Å². The summed E-state index contributed by atoms with van der Waals surface area (Å²) < 4.78 is 3.88. The summed E-state index contributed by atoms with van der Waals surface area (Å²) in [5.41, 5.74) is 3.13. The van der Waals surface area contributed by atoms with E-state index in [-0.39, 0.29) is 0 Å². The van der Waals surface area contributed by atoms with Crippen molar-refractivity contribution < 1.29 is 10.0 Å². The number of nitrogens with one attached hydrogen (secondary N) is 1. The molecule has 1 aliphatic rings. The molecule has 90 valence electrons. The fourth-order valence-electron chi connectivity index (χ4n) is 1.57. The Kier molecular flexibility index (Phi) is 4.85. The van der Waals surface area contributed by atoms with Crippen molar-refractivity contribution in [2.45, 2.75) is 26.9 Å². The van der Waals surface area contributed by atoms with Gasteiger partial charge in [0.05, 0.1) is 5.56 Å². The zero-order chi connectivity index (χ0) is 12.1. The first-order chi connectivity index (χ1) is 7.70. The molecule has 2 heterocycles. The Morgan fingerprint density at radius 2 is 2.19 bits per heavy atom. The minimum atomic E-state index is -0.474. The summed E-state index contributed by atoms with van der Waals surface area (Å²) in [6.07, 6.45) is 1.74. The molecule has 0 aromatic carbocycles. The number of rotatable bonds is 1. The smallest absolute Gasteiger partial charge is 0.276 e. The molecular formula is C10H17N3O2S. The highest BCUT2D eigenvalue weighted by Crippen LogP contribution is 2.17. The van der Waals surface area contributed by atoms with E-state index in [4.69, 9.17) is 5.21 Å². The van der Waals surface area contributed by atoms with E-state index in [2.05, 4.69) is 12.8 Å². The molecule has 0 unspecified atom stereocenters. The van der Waals surface area contributed by atoms with Crippen LogP contribution in [0, 0.1) is 0 Å². The van der Waals surface area contributed by atoms with Crippen LogP contribution in [0.4, 0.5) is 0 Å². The number of aromatic nitrogens is 1. The highest BCUT2D eigenvalue weighted by Gasteiger charge is 2.17. The monoisotopic (exact) mass is 243 g/mol. The lowest BCUT2D eigenvalue weighted by Crippen LogP contribution is -2.25. The Hall–Kier alpha value is -0.980. The van der Waals surface area contributed by atoms with Crippen LogP contribution in [0.15, 0.2) is 12.3 Å². The zero-order valence-corrected chi connectivity index (χ0v) is 10.4. The fraction of sp³-hybridized carbons (Fsp3) is 0.500. The highest BCUT2D eigenvalue weighted by atomic mass is 32.1. The second-order valence-electron chi connectivity index (χ2n) is 3.24. The predicted molar refractivity (Wildman–Crippen MR) is 64.4 cm³/mol. The lowest BCUT2D eigenvalue weighted by molar-refractivity contribution is 0.0706. The Morgan fingerprint density at radius 1 is 1.50 bits per heavy atom. The number of carbonyl (C=O) groups is 1. The van der Waals surface area contributed by atoms with Crippen LogP contribution in [-0.2, 0) is 13.1 Å². The van der Waals surface area contributed by atoms with Gasteiger partial charge in [-0.2, -0.15) is 0 Å². The summed E-state index contributed by atoms with van der Waals surface area (Å²) >= 11 is 4.24. The number of nitrogens with zero attached hydrogens (tertiary/aromatic N) is 2. The molecule has 0 saturated heterocycles. The van der Waals surface area contributed by atoms with Crippen LogP contribution in [0.1, 0.15) is 29.9 Å². The first kappa shape index (κ1) is 13.1. The van der Waals surface area contributed by atoms with Gasteiger partial charge in [-0.05, 0) is 6.07 Å². The van der Waals surface area contributed by atoms with E-state index in [0.717, 1.165) is 18.8 Å². The highest BCUT2D eigenvalue weighted by molar-refractivity contribution is 7.77. The van der Waals surface area contributed by atoms with Gasteiger partial charge in [-0.25, -0.2) is 9.79 Å². The minimum Gasteiger partial charge on any atom is -0.348 e. The molecule has 2 N–H and O–H groups in total. The van der Waals surface area contributed by atoms with Crippen LogP contribution in [0.25, 0.3) is 0 Å². The Balaban J connectivity index is 0.000000606. The summed E-state index contributed by atoms with van der Waals surface area (Å²) in [4.78, 5) is 11.1. The quantitative estimate of drug-likeness (QED) is 0.396. The molecule has 1 aliphatic heterocycles. The lowest BCUT2D eigenvalue weighted by atomic mass is 10.3. The second-order valence-corrected chi connectivity index (χ2v) is 3.81. The number of carbonyl (C=O) groups excluding carboxylic acids is 1. The van der Waals surface area contributed by atoms with Crippen LogP contribution < -0.4 is 5.48 Å². The van der Waals surface area contributed by atoms with Crippen molar-refractivity contribution in [1.82, 2.24) is 14.4 Å². The summed E-state index contributed by atoms with van der Waals surface area (Å²) in [5, 5.41) is 8.47. The average molecular weight is 243 g/mol.